The lowest BCUT2D eigenvalue weighted by Crippen LogP contribution is -2.48. The van der Waals surface area contributed by atoms with Gasteiger partial charge in [0.15, 0.2) is 11.2 Å². The van der Waals surface area contributed by atoms with E-state index in [2.05, 4.69) is 21.3 Å². The topological polar surface area (TPSA) is 105 Å². The zero-order valence-electron chi connectivity index (χ0n) is 19.3. The molecule has 3 heterocycles. The fourth-order valence-electron chi connectivity index (χ4n) is 4.30. The van der Waals surface area contributed by atoms with Crippen LogP contribution in [0.3, 0.4) is 0 Å². The van der Waals surface area contributed by atoms with Gasteiger partial charge in [-0.05, 0) is 39.2 Å². The van der Waals surface area contributed by atoms with E-state index in [1.54, 1.807) is 4.57 Å². The van der Waals surface area contributed by atoms with Crippen molar-refractivity contribution < 1.29 is 9.90 Å². The van der Waals surface area contributed by atoms with Crippen LogP contribution in [0.15, 0.2) is 46.8 Å². The van der Waals surface area contributed by atoms with Crippen LogP contribution in [0.5, 0.6) is 0 Å². The first-order chi connectivity index (χ1) is 15.8. The average molecular weight is 451 g/mol. The first-order valence-electron chi connectivity index (χ1n) is 11.2. The SMILES string of the molecule is CC(C)=CCn1c(N2CCCC(NC(=O)O)C2)nc2nc(C)n(Cc3ccccc3)c(=O)c21. The van der Waals surface area contributed by atoms with Crippen LogP contribution in [0, 0.1) is 6.92 Å². The maximum absolute atomic E-state index is 13.7. The third-order valence-corrected chi connectivity index (χ3v) is 5.93. The van der Waals surface area contributed by atoms with Gasteiger partial charge in [-0.25, -0.2) is 9.78 Å². The van der Waals surface area contributed by atoms with E-state index >= 15 is 0 Å². The molecule has 1 aliphatic rings. The van der Waals surface area contributed by atoms with E-state index in [1.807, 2.05) is 55.7 Å². The van der Waals surface area contributed by atoms with E-state index in [-0.39, 0.29) is 11.6 Å². The first-order valence-corrected chi connectivity index (χ1v) is 11.2. The third-order valence-electron chi connectivity index (χ3n) is 5.93. The molecule has 33 heavy (non-hydrogen) atoms. The highest BCUT2D eigenvalue weighted by atomic mass is 16.4. The zero-order valence-corrected chi connectivity index (χ0v) is 19.3. The van der Waals surface area contributed by atoms with Gasteiger partial charge in [-0.15, -0.1) is 0 Å². The molecular weight excluding hydrogens is 420 g/mol. The minimum Gasteiger partial charge on any atom is -0.465 e. The van der Waals surface area contributed by atoms with E-state index in [1.165, 1.54) is 0 Å². The molecule has 2 N–H and O–H groups in total. The number of piperidine rings is 1. The fourth-order valence-corrected chi connectivity index (χ4v) is 4.30. The van der Waals surface area contributed by atoms with Crippen LogP contribution in [0.1, 0.15) is 38.1 Å². The van der Waals surface area contributed by atoms with Crippen molar-refractivity contribution in [2.75, 3.05) is 18.0 Å². The largest absolute Gasteiger partial charge is 0.465 e. The van der Waals surface area contributed by atoms with E-state index in [4.69, 9.17) is 10.1 Å². The lowest BCUT2D eigenvalue weighted by Gasteiger charge is -2.33. The van der Waals surface area contributed by atoms with Crippen LogP contribution in [0.4, 0.5) is 10.7 Å². The molecule has 1 amide bonds. The van der Waals surface area contributed by atoms with E-state index in [9.17, 15) is 9.59 Å². The van der Waals surface area contributed by atoms with Gasteiger partial charge in [-0.1, -0.05) is 42.0 Å². The molecule has 1 aliphatic heterocycles. The number of carbonyl (C=O) groups is 1. The second-order valence-corrected chi connectivity index (χ2v) is 8.75. The number of aromatic nitrogens is 4. The number of allylic oxidation sites excluding steroid dienone is 2. The van der Waals surface area contributed by atoms with Gasteiger partial charge in [0.2, 0.25) is 5.95 Å². The van der Waals surface area contributed by atoms with Gasteiger partial charge >= 0.3 is 6.09 Å². The molecule has 1 unspecified atom stereocenters. The molecule has 0 spiro atoms. The van der Waals surface area contributed by atoms with Gasteiger partial charge in [0.05, 0.1) is 6.54 Å². The summed E-state index contributed by atoms with van der Waals surface area (Å²) < 4.78 is 3.61. The average Bonchev–Trinajstić information content (AvgIpc) is 3.14. The predicted molar refractivity (Wildman–Crippen MR) is 128 cm³/mol. The molecule has 9 heteroatoms. The summed E-state index contributed by atoms with van der Waals surface area (Å²) in [6.45, 7) is 8.03. The Kier molecular flexibility index (Phi) is 6.48. The van der Waals surface area contributed by atoms with E-state index in [0.29, 0.717) is 42.6 Å². The molecule has 174 valence electrons. The summed E-state index contributed by atoms with van der Waals surface area (Å²) in [5.41, 5.74) is 2.93. The minimum absolute atomic E-state index is 0.125. The van der Waals surface area contributed by atoms with E-state index in [0.717, 1.165) is 30.5 Å². The predicted octanol–water partition coefficient (Wildman–Crippen LogP) is 3.15. The summed E-state index contributed by atoms with van der Waals surface area (Å²) in [6, 6.07) is 9.66. The molecule has 0 bridgehead atoms. The Bertz CT molecular complexity index is 1240. The Morgan fingerprint density at radius 1 is 1.21 bits per heavy atom. The van der Waals surface area contributed by atoms with Crippen LogP contribution >= 0.6 is 0 Å². The summed E-state index contributed by atoms with van der Waals surface area (Å²) in [4.78, 5) is 36.3. The van der Waals surface area contributed by atoms with Gasteiger partial charge in [0.1, 0.15) is 5.82 Å². The second-order valence-electron chi connectivity index (χ2n) is 8.75. The number of carboxylic acid groups (broad SMARTS) is 1. The van der Waals surface area contributed by atoms with Crippen LogP contribution in [-0.4, -0.2) is 49.4 Å². The van der Waals surface area contributed by atoms with Crippen molar-refractivity contribution in [1.29, 1.82) is 0 Å². The lowest BCUT2D eigenvalue weighted by atomic mass is 10.1. The Morgan fingerprint density at radius 2 is 1.97 bits per heavy atom. The molecule has 0 radical (unpaired) electrons. The molecule has 1 saturated heterocycles. The van der Waals surface area contributed by atoms with Crippen molar-refractivity contribution in [1.82, 2.24) is 24.4 Å². The Balaban J connectivity index is 1.81. The van der Waals surface area contributed by atoms with Crippen molar-refractivity contribution >= 4 is 23.2 Å². The highest BCUT2D eigenvalue weighted by Gasteiger charge is 2.27. The number of aryl methyl sites for hydroxylation is 1. The monoisotopic (exact) mass is 450 g/mol. The number of fused-ring (bicyclic) bond motifs is 1. The number of hydrogen-bond donors (Lipinski definition) is 2. The molecule has 9 nitrogen and oxygen atoms in total. The molecule has 1 aromatic carbocycles. The quantitative estimate of drug-likeness (QED) is 0.559. The second kappa shape index (κ2) is 9.48. The smallest absolute Gasteiger partial charge is 0.404 e. The number of amides is 1. The summed E-state index contributed by atoms with van der Waals surface area (Å²) in [5, 5.41) is 11.7. The molecule has 1 fully saturated rings. The standard InChI is InChI=1S/C24H30N6O3/c1-16(2)11-13-29-20-21(27-23(29)28-12-7-10-19(15-28)26-24(32)33)25-17(3)30(22(20)31)14-18-8-5-4-6-9-18/h4-6,8-9,11,19,26H,7,10,12-15H2,1-3H3,(H,32,33). The number of rotatable bonds is 6. The molecule has 3 aromatic rings. The van der Waals surface area contributed by atoms with Gasteiger partial charge < -0.3 is 19.9 Å². The summed E-state index contributed by atoms with van der Waals surface area (Å²) in [5.74, 6) is 1.26. The van der Waals surface area contributed by atoms with Crippen molar-refractivity contribution in [2.24, 2.45) is 0 Å². The van der Waals surface area contributed by atoms with Crippen LogP contribution in [-0.2, 0) is 13.1 Å². The summed E-state index contributed by atoms with van der Waals surface area (Å²) in [7, 11) is 0. The third kappa shape index (κ3) is 4.92. The maximum atomic E-state index is 13.7. The Labute approximate surface area is 192 Å². The molecule has 1 atom stereocenters. The van der Waals surface area contributed by atoms with Crippen molar-refractivity contribution in [3.8, 4) is 0 Å². The lowest BCUT2D eigenvalue weighted by molar-refractivity contribution is 0.188. The van der Waals surface area contributed by atoms with Gasteiger partial charge in [-0.2, -0.15) is 4.98 Å². The van der Waals surface area contributed by atoms with Crippen molar-refractivity contribution in [2.45, 2.75) is 52.7 Å². The molecule has 0 aliphatic carbocycles. The number of benzene rings is 1. The van der Waals surface area contributed by atoms with Crippen molar-refractivity contribution in [3.63, 3.8) is 0 Å². The zero-order chi connectivity index (χ0) is 23.5. The molecular formula is C24H30N6O3. The summed E-state index contributed by atoms with van der Waals surface area (Å²) in [6.07, 6.45) is 2.64. The number of nitrogens with zero attached hydrogens (tertiary/aromatic N) is 5. The van der Waals surface area contributed by atoms with Crippen molar-refractivity contribution in [3.05, 3.63) is 63.7 Å². The number of anilines is 1. The number of nitrogens with one attached hydrogen (secondary N) is 1. The van der Waals surface area contributed by atoms with Gasteiger partial charge in [0.25, 0.3) is 5.56 Å². The van der Waals surface area contributed by atoms with Crippen LogP contribution in [0.25, 0.3) is 11.2 Å². The van der Waals surface area contributed by atoms with Crippen LogP contribution < -0.4 is 15.8 Å². The number of imidazole rings is 1. The first kappa shape index (κ1) is 22.6. The maximum Gasteiger partial charge on any atom is 0.404 e. The highest BCUT2D eigenvalue weighted by Crippen LogP contribution is 2.24. The Morgan fingerprint density at radius 3 is 2.67 bits per heavy atom. The Hall–Kier alpha value is -3.62. The van der Waals surface area contributed by atoms with Gasteiger partial charge in [-0.3, -0.25) is 9.36 Å². The molecule has 0 saturated carbocycles. The van der Waals surface area contributed by atoms with E-state index < -0.39 is 6.09 Å². The highest BCUT2D eigenvalue weighted by molar-refractivity contribution is 5.74. The minimum atomic E-state index is -1.03. The number of hydrogen-bond acceptors (Lipinski definition) is 5. The van der Waals surface area contributed by atoms with Gasteiger partial charge in [0, 0.05) is 25.7 Å². The molecule has 4 rings (SSSR count). The van der Waals surface area contributed by atoms with Crippen LogP contribution in [0.2, 0.25) is 0 Å². The molecule has 2 aromatic heterocycles. The fraction of sp³-hybridized carbons (Fsp3) is 0.417. The normalized spacial score (nSPS) is 16.1. The summed E-state index contributed by atoms with van der Waals surface area (Å²) >= 11 is 0.